The molecule has 0 bridgehead atoms. The van der Waals surface area contributed by atoms with E-state index in [-0.39, 0.29) is 5.91 Å². The summed E-state index contributed by atoms with van der Waals surface area (Å²) in [7, 11) is 1.56. The zero-order valence-electron chi connectivity index (χ0n) is 26.8. The Balaban J connectivity index is 1.09. The summed E-state index contributed by atoms with van der Waals surface area (Å²) >= 11 is 0. The van der Waals surface area contributed by atoms with Crippen molar-refractivity contribution in [2.45, 2.75) is 31.2 Å². The molecular formula is C36H28F4N8O3. The maximum Gasteiger partial charge on any atom is 0.323 e. The zero-order valence-corrected chi connectivity index (χ0v) is 26.8. The highest BCUT2D eigenvalue weighted by molar-refractivity contribution is 5.90. The largest absolute Gasteiger partial charge is 0.489 e. The van der Waals surface area contributed by atoms with Gasteiger partial charge in [-0.15, -0.1) is 5.10 Å². The molecule has 51 heavy (non-hydrogen) atoms. The van der Waals surface area contributed by atoms with E-state index < -0.39 is 41.0 Å². The van der Waals surface area contributed by atoms with Gasteiger partial charge in [0.05, 0.1) is 6.54 Å². The number of nitrogens with one attached hydrogen (secondary N) is 1. The van der Waals surface area contributed by atoms with E-state index in [0.717, 1.165) is 46.5 Å². The van der Waals surface area contributed by atoms with Crippen LogP contribution < -0.4 is 10.1 Å². The predicted octanol–water partition coefficient (Wildman–Crippen LogP) is 4.61. The van der Waals surface area contributed by atoms with Crippen molar-refractivity contribution in [3.63, 3.8) is 0 Å². The molecule has 0 aliphatic carbocycles. The number of nitrogens with zero attached hydrogens (tertiary/aromatic N) is 7. The van der Waals surface area contributed by atoms with Gasteiger partial charge in [0.25, 0.3) is 5.91 Å². The summed E-state index contributed by atoms with van der Waals surface area (Å²) in [6.07, 6.45) is 5.41. The van der Waals surface area contributed by atoms with Gasteiger partial charge in [-0.1, -0.05) is 36.1 Å². The van der Waals surface area contributed by atoms with Crippen molar-refractivity contribution in [1.29, 1.82) is 0 Å². The van der Waals surface area contributed by atoms with Crippen molar-refractivity contribution in [3.8, 4) is 17.6 Å². The second-order valence-electron chi connectivity index (χ2n) is 11.3. The molecule has 3 heterocycles. The maximum atomic E-state index is 16.0. The minimum absolute atomic E-state index is 0.259. The van der Waals surface area contributed by atoms with Gasteiger partial charge < -0.3 is 19.7 Å². The number of imidazole rings is 1. The Hall–Kier alpha value is -6.40. The molecule has 0 aliphatic heterocycles. The number of halogens is 4. The number of rotatable bonds is 11. The number of tetrazole rings is 1. The van der Waals surface area contributed by atoms with Crippen LogP contribution in [-0.4, -0.2) is 52.8 Å². The van der Waals surface area contributed by atoms with Crippen molar-refractivity contribution in [2.75, 3.05) is 7.05 Å². The van der Waals surface area contributed by atoms with Crippen molar-refractivity contribution in [2.24, 2.45) is 0 Å². The second kappa shape index (κ2) is 14.6. The van der Waals surface area contributed by atoms with Crippen LogP contribution in [0.5, 0.6) is 5.75 Å². The van der Waals surface area contributed by atoms with Gasteiger partial charge in [-0.05, 0) is 70.1 Å². The molecule has 6 rings (SSSR count). The Bertz CT molecular complexity index is 2180. The zero-order chi connectivity index (χ0) is 36.0. The minimum Gasteiger partial charge on any atom is -0.489 e. The van der Waals surface area contributed by atoms with Crippen LogP contribution >= 0.6 is 0 Å². The van der Waals surface area contributed by atoms with E-state index in [0.29, 0.717) is 41.9 Å². The summed E-state index contributed by atoms with van der Waals surface area (Å²) in [5.74, 6) is -0.0905. The van der Waals surface area contributed by atoms with Crippen LogP contribution in [-0.2, 0) is 31.2 Å². The third kappa shape index (κ3) is 7.61. The number of benzene rings is 3. The van der Waals surface area contributed by atoms with Crippen LogP contribution in [0.2, 0.25) is 0 Å². The lowest BCUT2D eigenvalue weighted by molar-refractivity contribution is -0.207. The molecule has 2 N–H and O–H groups in total. The number of carbonyl (C=O) groups excluding carboxylic acids is 1. The van der Waals surface area contributed by atoms with Crippen LogP contribution in [0.15, 0.2) is 104 Å². The van der Waals surface area contributed by atoms with Gasteiger partial charge in [0.1, 0.15) is 36.0 Å². The summed E-state index contributed by atoms with van der Waals surface area (Å²) < 4.78 is 68.8. The van der Waals surface area contributed by atoms with E-state index >= 15 is 8.78 Å². The predicted molar refractivity (Wildman–Crippen MR) is 174 cm³/mol. The number of alkyl halides is 2. The molecule has 1 amide bonds. The molecule has 0 aliphatic rings. The first-order chi connectivity index (χ1) is 24.6. The van der Waals surface area contributed by atoms with Gasteiger partial charge in [-0.3, -0.25) is 9.78 Å². The number of hydrogen-bond acceptors (Lipinski definition) is 8. The van der Waals surface area contributed by atoms with Gasteiger partial charge in [-0.2, -0.15) is 8.78 Å². The van der Waals surface area contributed by atoms with Crippen molar-refractivity contribution in [3.05, 3.63) is 155 Å². The summed E-state index contributed by atoms with van der Waals surface area (Å²) in [5, 5.41) is 24.1. The van der Waals surface area contributed by atoms with E-state index in [1.165, 1.54) is 6.07 Å². The Morgan fingerprint density at radius 3 is 2.33 bits per heavy atom. The summed E-state index contributed by atoms with van der Waals surface area (Å²) in [4.78, 5) is 19.9. The third-order valence-electron chi connectivity index (χ3n) is 7.90. The van der Waals surface area contributed by atoms with Crippen molar-refractivity contribution in [1.82, 2.24) is 40.1 Å². The number of pyridine rings is 1. The Kier molecular flexibility index (Phi) is 9.87. The fourth-order valence-corrected chi connectivity index (χ4v) is 5.17. The van der Waals surface area contributed by atoms with Crippen LogP contribution in [0, 0.1) is 23.5 Å². The Labute approximate surface area is 288 Å². The molecule has 0 fully saturated rings. The summed E-state index contributed by atoms with van der Waals surface area (Å²) in [6.45, 7) is -0.148. The summed E-state index contributed by atoms with van der Waals surface area (Å²) in [6, 6.07) is 18.9. The van der Waals surface area contributed by atoms with Crippen molar-refractivity contribution < 1.29 is 32.2 Å². The molecule has 0 saturated carbocycles. The lowest BCUT2D eigenvalue weighted by Gasteiger charge is -2.35. The molecule has 0 radical (unpaired) electrons. The lowest BCUT2D eigenvalue weighted by Crippen LogP contribution is -2.48. The lowest BCUT2D eigenvalue weighted by atomic mass is 9.84. The van der Waals surface area contributed by atoms with E-state index in [4.69, 9.17) is 4.74 Å². The van der Waals surface area contributed by atoms with Crippen LogP contribution in [0.4, 0.5) is 17.6 Å². The number of amides is 1. The SMILES string of the molecule is CNC(=O)c1nccn1Cc1ccc(COc2ccc(C#Cc3ccc(C(F)(F)C(O)(Cn4cnnn4)c4ccc(F)cc4F)nc3)cc2)cc1. The normalized spacial score (nSPS) is 12.4. The molecule has 11 nitrogen and oxygen atoms in total. The van der Waals surface area contributed by atoms with Gasteiger partial charge >= 0.3 is 5.92 Å². The molecule has 1 unspecified atom stereocenters. The quantitative estimate of drug-likeness (QED) is 0.148. The second-order valence-corrected chi connectivity index (χ2v) is 11.3. The number of ether oxygens (including phenoxy) is 1. The summed E-state index contributed by atoms with van der Waals surface area (Å²) in [5.41, 5.74) is -2.12. The van der Waals surface area contributed by atoms with Gasteiger partial charge in [0.2, 0.25) is 0 Å². The Morgan fingerprint density at radius 1 is 0.941 bits per heavy atom. The molecule has 3 aromatic carbocycles. The van der Waals surface area contributed by atoms with Crippen molar-refractivity contribution >= 4 is 5.91 Å². The van der Waals surface area contributed by atoms with E-state index in [2.05, 4.69) is 42.7 Å². The maximum absolute atomic E-state index is 16.0. The van der Waals surface area contributed by atoms with Crippen LogP contribution in [0.3, 0.4) is 0 Å². The molecule has 0 saturated heterocycles. The molecule has 0 spiro atoms. The highest BCUT2D eigenvalue weighted by Crippen LogP contribution is 2.46. The molecule has 258 valence electrons. The first kappa shape index (κ1) is 34.5. The molecule has 6 aromatic rings. The topological polar surface area (TPSA) is 133 Å². The third-order valence-corrected chi connectivity index (χ3v) is 7.90. The highest BCUT2D eigenvalue weighted by Gasteiger charge is 2.58. The van der Waals surface area contributed by atoms with Gasteiger partial charge in [0.15, 0.2) is 11.4 Å². The minimum atomic E-state index is -4.18. The van der Waals surface area contributed by atoms with Crippen LogP contribution in [0.25, 0.3) is 0 Å². The monoisotopic (exact) mass is 696 g/mol. The number of carbonyl (C=O) groups is 1. The van der Waals surface area contributed by atoms with E-state index in [1.54, 1.807) is 48.3 Å². The fraction of sp³-hybridized carbons (Fsp3) is 0.167. The van der Waals surface area contributed by atoms with E-state index in [1.807, 2.05) is 24.3 Å². The first-order valence-electron chi connectivity index (χ1n) is 15.3. The number of hydrogen-bond donors (Lipinski definition) is 2. The molecule has 3 aromatic heterocycles. The average Bonchev–Trinajstić information content (AvgIpc) is 3.83. The number of aromatic nitrogens is 7. The van der Waals surface area contributed by atoms with Gasteiger partial charge in [-0.25, -0.2) is 18.4 Å². The number of aliphatic hydroxyl groups is 1. The van der Waals surface area contributed by atoms with Crippen LogP contribution in [0.1, 0.15) is 44.1 Å². The molecule has 1 atom stereocenters. The Morgan fingerprint density at radius 2 is 1.67 bits per heavy atom. The molecule has 15 heteroatoms. The van der Waals surface area contributed by atoms with E-state index in [9.17, 15) is 18.7 Å². The first-order valence-corrected chi connectivity index (χ1v) is 15.3. The fourth-order valence-electron chi connectivity index (χ4n) is 5.17. The highest BCUT2D eigenvalue weighted by atomic mass is 19.3. The average molecular weight is 697 g/mol. The van der Waals surface area contributed by atoms with Gasteiger partial charge in [0, 0.05) is 54.9 Å². The smallest absolute Gasteiger partial charge is 0.323 e. The molecular weight excluding hydrogens is 668 g/mol. The standard InChI is InChI=1S/C36H28F4N8O3/c1-41-34(49)33-42-16-17-47(33)20-26-4-6-27(7-5-26)21-51-29-12-8-24(9-13-29)2-3-25-10-15-32(43-19-25)36(39,40)35(50,22-48-23-44-45-46-48)30-14-11-28(37)18-31(30)38/h4-19,23,50H,20-22H2,1H3,(H,41,49).